The average molecular weight is 422 g/mol. The van der Waals surface area contributed by atoms with Crippen LogP contribution in [0.3, 0.4) is 0 Å². The molecule has 0 aliphatic heterocycles. The van der Waals surface area contributed by atoms with Gasteiger partial charge in [-0.3, -0.25) is 9.59 Å². The first kappa shape index (κ1) is 21.1. The van der Waals surface area contributed by atoms with Gasteiger partial charge in [-0.2, -0.15) is 11.3 Å². The van der Waals surface area contributed by atoms with Gasteiger partial charge < -0.3 is 15.4 Å². The molecule has 0 unspecified atom stereocenters. The molecular formula is C23H19FN2O3S. The molecule has 3 aromatic rings. The quantitative estimate of drug-likeness (QED) is 0.548. The summed E-state index contributed by atoms with van der Waals surface area (Å²) < 4.78 is 20.1. The molecule has 1 aromatic heterocycles. The number of benzene rings is 2. The lowest BCUT2D eigenvalue weighted by Crippen LogP contribution is -2.25. The summed E-state index contributed by atoms with van der Waals surface area (Å²) in [6.07, 6.45) is 5.20. The zero-order valence-corrected chi connectivity index (χ0v) is 17.0. The summed E-state index contributed by atoms with van der Waals surface area (Å²) in [6, 6.07) is 11.6. The Kier molecular flexibility index (Phi) is 6.83. The van der Waals surface area contributed by atoms with Crippen molar-refractivity contribution >= 4 is 28.8 Å². The van der Waals surface area contributed by atoms with Crippen LogP contribution in [0.15, 0.2) is 53.2 Å². The molecule has 0 saturated heterocycles. The molecule has 0 bridgehead atoms. The van der Waals surface area contributed by atoms with Gasteiger partial charge in [0.2, 0.25) is 0 Å². The number of thiophene rings is 1. The average Bonchev–Trinajstić information content (AvgIpc) is 3.24. The lowest BCUT2D eigenvalue weighted by atomic mass is 10.0. The van der Waals surface area contributed by atoms with Crippen LogP contribution in [-0.4, -0.2) is 25.0 Å². The molecule has 0 radical (unpaired) electrons. The maximum absolute atomic E-state index is 14.7. The van der Waals surface area contributed by atoms with E-state index < -0.39 is 11.7 Å². The van der Waals surface area contributed by atoms with Crippen molar-refractivity contribution in [2.75, 3.05) is 18.5 Å². The number of carbonyl (C=O) groups is 2. The van der Waals surface area contributed by atoms with Crippen molar-refractivity contribution < 1.29 is 18.7 Å². The first-order valence-electron chi connectivity index (χ1n) is 9.15. The molecular weight excluding hydrogens is 403 g/mol. The van der Waals surface area contributed by atoms with E-state index >= 15 is 0 Å². The number of rotatable bonds is 7. The van der Waals surface area contributed by atoms with Gasteiger partial charge in [0.05, 0.1) is 16.8 Å². The molecule has 2 aromatic carbocycles. The second-order valence-electron chi connectivity index (χ2n) is 6.23. The van der Waals surface area contributed by atoms with Crippen molar-refractivity contribution in [3.8, 4) is 29.2 Å². The van der Waals surface area contributed by atoms with E-state index in [1.54, 1.807) is 41.9 Å². The lowest BCUT2D eigenvalue weighted by molar-refractivity contribution is 0.0943. The molecule has 152 valence electrons. The Morgan fingerprint density at radius 2 is 1.83 bits per heavy atom. The molecule has 1 heterocycles. The van der Waals surface area contributed by atoms with Crippen molar-refractivity contribution in [3.63, 3.8) is 0 Å². The van der Waals surface area contributed by atoms with Crippen LogP contribution in [0, 0.1) is 18.2 Å². The van der Waals surface area contributed by atoms with Gasteiger partial charge in [0.25, 0.3) is 11.8 Å². The topological polar surface area (TPSA) is 67.4 Å². The largest absolute Gasteiger partial charge is 0.481 e. The summed E-state index contributed by atoms with van der Waals surface area (Å²) in [5, 5.41) is 8.34. The summed E-state index contributed by atoms with van der Waals surface area (Å²) in [5.41, 5.74) is 1.86. The van der Waals surface area contributed by atoms with Crippen molar-refractivity contribution in [3.05, 3.63) is 70.2 Å². The van der Waals surface area contributed by atoms with Crippen molar-refractivity contribution in [1.29, 1.82) is 0 Å². The maximum atomic E-state index is 14.7. The van der Waals surface area contributed by atoms with Crippen LogP contribution in [0.2, 0.25) is 0 Å². The molecule has 2 amide bonds. The summed E-state index contributed by atoms with van der Waals surface area (Å²) in [7, 11) is 0. The second kappa shape index (κ2) is 9.72. The zero-order chi connectivity index (χ0) is 21.5. The van der Waals surface area contributed by atoms with Crippen molar-refractivity contribution in [1.82, 2.24) is 5.32 Å². The van der Waals surface area contributed by atoms with E-state index in [2.05, 4.69) is 16.6 Å². The molecule has 0 spiro atoms. The number of terminal acetylenes is 1. The Balaban J connectivity index is 1.79. The monoisotopic (exact) mass is 422 g/mol. The predicted octanol–water partition coefficient (Wildman–Crippen LogP) is 4.57. The summed E-state index contributed by atoms with van der Waals surface area (Å²) in [4.78, 5) is 24.6. The van der Waals surface area contributed by atoms with Crippen LogP contribution in [0.4, 0.5) is 10.1 Å². The van der Waals surface area contributed by atoms with E-state index in [4.69, 9.17) is 11.2 Å². The minimum atomic E-state index is -0.592. The van der Waals surface area contributed by atoms with Crippen LogP contribution in [0.25, 0.3) is 11.1 Å². The Morgan fingerprint density at radius 1 is 1.10 bits per heavy atom. The molecule has 30 heavy (non-hydrogen) atoms. The van der Waals surface area contributed by atoms with Gasteiger partial charge in [0, 0.05) is 17.3 Å². The fraction of sp³-hybridized carbons (Fsp3) is 0.130. The molecule has 0 aliphatic carbocycles. The molecule has 0 saturated carbocycles. The van der Waals surface area contributed by atoms with Gasteiger partial charge in [-0.05, 0) is 42.3 Å². The van der Waals surface area contributed by atoms with E-state index in [0.717, 1.165) is 5.56 Å². The molecule has 7 heteroatoms. The summed E-state index contributed by atoms with van der Waals surface area (Å²) in [5.74, 6) is 1.49. The molecule has 0 fully saturated rings. The minimum absolute atomic E-state index is 0.0246. The Hall–Kier alpha value is -3.63. The van der Waals surface area contributed by atoms with Gasteiger partial charge in [-0.15, -0.1) is 6.42 Å². The van der Waals surface area contributed by atoms with Crippen LogP contribution >= 0.6 is 11.3 Å². The van der Waals surface area contributed by atoms with Gasteiger partial charge in [-0.1, -0.05) is 24.1 Å². The predicted molar refractivity (Wildman–Crippen MR) is 116 cm³/mol. The Labute approximate surface area is 177 Å². The smallest absolute Gasteiger partial charge is 0.257 e. The fourth-order valence-corrected chi connectivity index (χ4v) is 3.59. The molecule has 3 rings (SSSR count). The van der Waals surface area contributed by atoms with E-state index in [0.29, 0.717) is 17.9 Å². The normalized spacial score (nSPS) is 10.2. The van der Waals surface area contributed by atoms with Crippen molar-refractivity contribution in [2.45, 2.75) is 6.92 Å². The number of ether oxygens (including phenoxy) is 1. The third kappa shape index (κ3) is 4.85. The number of anilines is 1. The number of amides is 2. The van der Waals surface area contributed by atoms with E-state index in [1.807, 2.05) is 6.07 Å². The number of nitrogens with one attached hydrogen (secondary N) is 2. The first-order valence-corrected chi connectivity index (χ1v) is 10.1. The highest BCUT2D eigenvalue weighted by Crippen LogP contribution is 2.28. The zero-order valence-electron chi connectivity index (χ0n) is 16.2. The fourth-order valence-electron chi connectivity index (χ4n) is 2.78. The maximum Gasteiger partial charge on any atom is 0.257 e. The molecule has 0 aliphatic rings. The van der Waals surface area contributed by atoms with E-state index in [-0.39, 0.29) is 29.3 Å². The third-order valence-corrected chi connectivity index (χ3v) is 4.94. The highest BCUT2D eigenvalue weighted by Gasteiger charge is 2.19. The second-order valence-corrected chi connectivity index (χ2v) is 6.97. The van der Waals surface area contributed by atoms with Gasteiger partial charge >= 0.3 is 0 Å². The van der Waals surface area contributed by atoms with E-state index in [1.165, 1.54) is 23.5 Å². The first-order chi connectivity index (χ1) is 14.5. The highest BCUT2D eigenvalue weighted by atomic mass is 32.1. The van der Waals surface area contributed by atoms with Crippen LogP contribution < -0.4 is 15.4 Å². The van der Waals surface area contributed by atoms with E-state index in [9.17, 15) is 14.0 Å². The van der Waals surface area contributed by atoms with Crippen LogP contribution in [0.5, 0.6) is 5.75 Å². The Morgan fingerprint density at radius 3 is 2.53 bits per heavy atom. The van der Waals surface area contributed by atoms with Crippen LogP contribution in [-0.2, 0) is 0 Å². The van der Waals surface area contributed by atoms with Gasteiger partial charge in [-0.25, -0.2) is 4.39 Å². The van der Waals surface area contributed by atoms with Gasteiger partial charge in [0.15, 0.2) is 0 Å². The molecule has 5 nitrogen and oxygen atoms in total. The van der Waals surface area contributed by atoms with Crippen molar-refractivity contribution in [2.24, 2.45) is 0 Å². The van der Waals surface area contributed by atoms with Gasteiger partial charge in [0.1, 0.15) is 18.2 Å². The number of hydrogen-bond acceptors (Lipinski definition) is 4. The minimum Gasteiger partial charge on any atom is -0.481 e. The Bertz CT molecular complexity index is 1120. The highest BCUT2D eigenvalue weighted by molar-refractivity contribution is 7.08. The lowest BCUT2D eigenvalue weighted by Gasteiger charge is -2.10. The standard InChI is InChI=1S/C23H19FN2O3S/c1-3-10-29-17-7-5-6-15(11-17)16-8-9-21(20(24)12-16)26-23(28)19-14-30-13-18(19)22(27)25-4-2/h1,5-9,11-14H,4,10H2,2H3,(H,25,27)(H,26,28). The molecule has 0 atom stereocenters. The summed E-state index contributed by atoms with van der Waals surface area (Å²) >= 11 is 1.23. The van der Waals surface area contributed by atoms with Crippen LogP contribution in [0.1, 0.15) is 27.6 Å². The summed E-state index contributed by atoms with van der Waals surface area (Å²) in [6.45, 7) is 2.38. The SMILES string of the molecule is C#CCOc1cccc(-c2ccc(NC(=O)c3cscc3C(=O)NCC)c(F)c2)c1. The number of carbonyl (C=O) groups excluding carboxylic acids is 2. The number of halogens is 1. The number of hydrogen-bond donors (Lipinski definition) is 2. The molecule has 2 N–H and O–H groups in total. The third-order valence-electron chi connectivity index (χ3n) is 4.20.